The van der Waals surface area contributed by atoms with E-state index >= 15 is 0 Å². The van der Waals surface area contributed by atoms with Gasteiger partial charge in [0.1, 0.15) is 0 Å². The Hall–Kier alpha value is -0.750. The third-order valence-electron chi connectivity index (χ3n) is 0.995. The molecule has 0 saturated carbocycles. The molecule has 5 nitrogen and oxygen atoms in total. The molecule has 0 aliphatic rings. The predicted octanol–water partition coefficient (Wildman–Crippen LogP) is -0.0213. The fourth-order valence-corrected chi connectivity index (χ4v) is 0.985. The summed E-state index contributed by atoms with van der Waals surface area (Å²) in [6.07, 6.45) is 1.36. The minimum atomic E-state index is -2.94. The zero-order chi connectivity index (χ0) is 8.43. The summed E-state index contributed by atoms with van der Waals surface area (Å²) < 4.78 is 25.8. The van der Waals surface area contributed by atoms with Crippen LogP contribution in [0.1, 0.15) is 0 Å². The number of hydrogen-bond donors (Lipinski definition) is 1. The minimum absolute atomic E-state index is 0.0923. The summed E-state index contributed by atoms with van der Waals surface area (Å²) in [5.74, 6) is -0.0923. The van der Waals surface area contributed by atoms with Crippen molar-refractivity contribution in [2.75, 3.05) is 0 Å². The van der Waals surface area contributed by atoms with Gasteiger partial charge in [0.05, 0.1) is 6.33 Å². The van der Waals surface area contributed by atoms with E-state index in [2.05, 4.69) is 9.17 Å². The maximum Gasteiger partial charge on any atom is 0.300 e. The fraction of sp³-hybridized carbons (Fsp3) is 0.250. The smallest absolute Gasteiger partial charge is 0.300 e. The van der Waals surface area contributed by atoms with Gasteiger partial charge in [0.15, 0.2) is 5.15 Å². The molecule has 1 aromatic heterocycles. The first-order valence-corrected chi connectivity index (χ1v) is 4.08. The molecule has 0 amide bonds. The van der Waals surface area contributed by atoms with Crippen molar-refractivity contribution in [2.24, 2.45) is 7.05 Å². The van der Waals surface area contributed by atoms with Gasteiger partial charge in [0.25, 0.3) is 5.88 Å². The van der Waals surface area contributed by atoms with E-state index in [1.807, 2.05) is 0 Å². The Balaban J connectivity index is 2.95. The maximum absolute atomic E-state index is 10.0. The zero-order valence-electron chi connectivity index (χ0n) is 5.52. The summed E-state index contributed by atoms with van der Waals surface area (Å²) in [5, 5.41) is 0.157. The summed E-state index contributed by atoms with van der Waals surface area (Å²) in [5.41, 5.74) is 0. The van der Waals surface area contributed by atoms with Gasteiger partial charge in [-0.3, -0.25) is 0 Å². The highest BCUT2D eigenvalue weighted by molar-refractivity contribution is 7.67. The van der Waals surface area contributed by atoms with E-state index in [9.17, 15) is 8.42 Å². The van der Waals surface area contributed by atoms with Crippen LogP contribution in [0.2, 0.25) is 5.15 Å². The van der Waals surface area contributed by atoms with Crippen LogP contribution in [0.5, 0.6) is 5.88 Å². The average molecular weight is 197 g/mol. The monoisotopic (exact) mass is 196 g/mol. The lowest BCUT2D eigenvalue weighted by Gasteiger charge is -1.92. The van der Waals surface area contributed by atoms with Crippen molar-refractivity contribution < 1.29 is 12.6 Å². The molecular formula is C4H5ClN2O3S. The van der Waals surface area contributed by atoms with Crippen LogP contribution in [0.25, 0.3) is 0 Å². The number of hydrogen-bond acceptors (Lipinski definition) is 4. The highest BCUT2D eigenvalue weighted by Crippen LogP contribution is 2.20. The molecule has 0 saturated heterocycles. The number of halogens is 1. The summed E-state index contributed by atoms with van der Waals surface area (Å²) >= 11 is 5.56. The molecule has 7 heteroatoms. The van der Waals surface area contributed by atoms with Crippen LogP contribution in [-0.2, 0) is 18.0 Å². The molecule has 0 spiro atoms. The number of nitrogens with zero attached hydrogens (tertiary/aromatic N) is 2. The lowest BCUT2D eigenvalue weighted by atomic mass is 10.8. The van der Waals surface area contributed by atoms with E-state index in [0.717, 1.165) is 0 Å². The summed E-state index contributed by atoms with van der Waals surface area (Å²) in [6, 6.07) is 0. The minimum Gasteiger partial charge on any atom is -0.360 e. The van der Waals surface area contributed by atoms with E-state index in [0.29, 0.717) is 0 Å². The Labute approximate surface area is 69.7 Å². The van der Waals surface area contributed by atoms with Crippen molar-refractivity contribution >= 4 is 22.6 Å². The zero-order valence-corrected chi connectivity index (χ0v) is 7.17. The van der Waals surface area contributed by atoms with Crippen LogP contribution in [0.15, 0.2) is 6.33 Å². The van der Waals surface area contributed by atoms with Crippen LogP contribution in [0.3, 0.4) is 0 Å². The molecule has 1 heterocycles. The molecule has 1 rings (SSSR count). The van der Waals surface area contributed by atoms with Crippen molar-refractivity contribution in [1.82, 2.24) is 9.55 Å². The highest BCUT2D eigenvalue weighted by Gasteiger charge is 2.07. The third kappa shape index (κ3) is 1.84. The van der Waals surface area contributed by atoms with Crippen molar-refractivity contribution in [3.05, 3.63) is 11.5 Å². The molecule has 0 aliphatic heterocycles. The van der Waals surface area contributed by atoms with Crippen LogP contribution in [0, 0.1) is 0 Å². The molecule has 11 heavy (non-hydrogen) atoms. The van der Waals surface area contributed by atoms with Gasteiger partial charge >= 0.3 is 11.0 Å². The Kier molecular flexibility index (Phi) is 2.35. The molecule has 1 aromatic rings. The van der Waals surface area contributed by atoms with Gasteiger partial charge in [-0.2, -0.15) is 13.4 Å². The lowest BCUT2D eigenvalue weighted by molar-refractivity contribution is 0.501. The average Bonchev–Trinajstić information content (AvgIpc) is 2.18. The van der Waals surface area contributed by atoms with Gasteiger partial charge in [0, 0.05) is 7.05 Å². The predicted molar refractivity (Wildman–Crippen MR) is 39.2 cm³/mol. The summed E-state index contributed by atoms with van der Waals surface area (Å²) in [4.78, 5) is 3.58. The lowest BCUT2D eigenvalue weighted by Crippen LogP contribution is -1.91. The Morgan fingerprint density at radius 2 is 2.36 bits per heavy atom. The van der Waals surface area contributed by atoms with Crippen LogP contribution in [-0.4, -0.2) is 18.0 Å². The second-order valence-corrected chi connectivity index (χ2v) is 2.75. The molecular weight excluding hydrogens is 192 g/mol. The van der Waals surface area contributed by atoms with Crippen molar-refractivity contribution in [2.45, 2.75) is 0 Å². The van der Waals surface area contributed by atoms with Crippen LogP contribution in [0.4, 0.5) is 0 Å². The van der Waals surface area contributed by atoms with Crippen molar-refractivity contribution in [3.8, 4) is 5.88 Å². The van der Waals surface area contributed by atoms with Gasteiger partial charge in [-0.05, 0) is 0 Å². The van der Waals surface area contributed by atoms with Crippen molar-refractivity contribution in [3.63, 3.8) is 0 Å². The molecule has 0 aromatic carbocycles. The Morgan fingerprint density at radius 3 is 2.73 bits per heavy atom. The second kappa shape index (κ2) is 3.10. The molecule has 0 fully saturated rings. The molecule has 0 N–H and O–H groups in total. The number of aryl methyl sites for hydroxylation is 1. The number of thiol groups is 1. The maximum atomic E-state index is 10.0. The summed E-state index contributed by atoms with van der Waals surface area (Å²) in [6.45, 7) is 0. The van der Waals surface area contributed by atoms with Gasteiger partial charge < -0.3 is 8.75 Å². The molecule has 0 aliphatic carbocycles. The van der Waals surface area contributed by atoms with E-state index in [-0.39, 0.29) is 11.0 Å². The molecule has 0 unspecified atom stereocenters. The largest absolute Gasteiger partial charge is 0.360 e. The molecule has 0 atom stereocenters. The van der Waals surface area contributed by atoms with Crippen LogP contribution < -0.4 is 4.18 Å². The van der Waals surface area contributed by atoms with Gasteiger partial charge in [-0.1, -0.05) is 11.6 Å². The van der Waals surface area contributed by atoms with E-state index in [1.54, 1.807) is 7.05 Å². The highest BCUT2D eigenvalue weighted by atomic mass is 35.5. The van der Waals surface area contributed by atoms with E-state index in [4.69, 9.17) is 11.6 Å². The molecule has 0 bridgehead atoms. The normalized spacial score (nSPS) is 10.5. The van der Waals surface area contributed by atoms with Gasteiger partial charge in [-0.15, -0.1) is 0 Å². The quantitative estimate of drug-likeness (QED) is 0.676. The topological polar surface area (TPSA) is 61.2 Å². The second-order valence-electron chi connectivity index (χ2n) is 1.77. The molecule has 0 radical (unpaired) electrons. The summed E-state index contributed by atoms with van der Waals surface area (Å²) in [7, 11) is -1.31. The number of imidazole rings is 1. The van der Waals surface area contributed by atoms with Gasteiger partial charge in [-0.25, -0.2) is 0 Å². The van der Waals surface area contributed by atoms with E-state index < -0.39 is 11.0 Å². The fourth-order valence-electron chi connectivity index (χ4n) is 0.526. The Bertz CT molecular complexity index is 324. The van der Waals surface area contributed by atoms with Crippen LogP contribution >= 0.6 is 11.6 Å². The first-order chi connectivity index (χ1) is 5.11. The number of aromatic nitrogens is 2. The SMILES string of the molecule is Cn1cnc(O[SH](=O)=O)c1Cl. The molecule has 62 valence electrons. The standard InChI is InChI=1S/C4H5ClN2O3S/c1-7-2-6-4(3(7)5)10-11(8)9/h2,11H,1H3. The first-order valence-electron chi connectivity index (χ1n) is 2.60. The Morgan fingerprint density at radius 1 is 1.73 bits per heavy atom. The first kappa shape index (κ1) is 8.35. The third-order valence-corrected chi connectivity index (χ3v) is 1.75. The van der Waals surface area contributed by atoms with Gasteiger partial charge in [0.2, 0.25) is 0 Å². The number of rotatable bonds is 2. The van der Waals surface area contributed by atoms with E-state index in [1.165, 1.54) is 10.9 Å². The van der Waals surface area contributed by atoms with Crippen molar-refractivity contribution in [1.29, 1.82) is 0 Å².